The maximum absolute atomic E-state index is 14.4. The van der Waals surface area contributed by atoms with Crippen LogP contribution in [0.2, 0.25) is 0 Å². The van der Waals surface area contributed by atoms with Gasteiger partial charge in [0, 0.05) is 36.1 Å². The molecule has 0 unspecified atom stereocenters. The second kappa shape index (κ2) is 9.29. The van der Waals surface area contributed by atoms with Crippen LogP contribution in [0.3, 0.4) is 0 Å². The number of ether oxygens (including phenoxy) is 1. The molecule has 1 aromatic carbocycles. The molecule has 1 saturated heterocycles. The van der Waals surface area contributed by atoms with Crippen LogP contribution < -0.4 is 10.2 Å². The van der Waals surface area contributed by atoms with Crippen LogP contribution in [-0.2, 0) is 22.6 Å². The fourth-order valence-corrected chi connectivity index (χ4v) is 3.87. The van der Waals surface area contributed by atoms with Crippen LogP contribution >= 0.6 is 0 Å². The van der Waals surface area contributed by atoms with E-state index in [-0.39, 0.29) is 12.5 Å². The number of pyridine rings is 1. The predicted octanol–water partition coefficient (Wildman–Crippen LogP) is 2.84. The van der Waals surface area contributed by atoms with E-state index in [9.17, 15) is 9.18 Å². The zero-order valence-electron chi connectivity index (χ0n) is 18.2. The van der Waals surface area contributed by atoms with Gasteiger partial charge in [0.15, 0.2) is 0 Å². The molecule has 1 N–H and O–H groups in total. The van der Waals surface area contributed by atoms with E-state index >= 15 is 0 Å². The molecular formula is C23H21FN8O2. The van der Waals surface area contributed by atoms with Gasteiger partial charge in [-0.2, -0.15) is 15.5 Å². The molecule has 0 bridgehead atoms. The molecule has 0 aliphatic carbocycles. The molecule has 0 spiro atoms. The molecule has 11 heteroatoms. The molecule has 172 valence electrons. The van der Waals surface area contributed by atoms with Gasteiger partial charge in [-0.25, -0.2) is 9.37 Å². The molecular weight excluding hydrogens is 439 g/mol. The van der Waals surface area contributed by atoms with E-state index in [0.29, 0.717) is 49.7 Å². The molecule has 1 fully saturated rings. The van der Waals surface area contributed by atoms with Gasteiger partial charge in [-0.05, 0) is 23.8 Å². The monoisotopic (exact) mass is 460 g/mol. The van der Waals surface area contributed by atoms with Crippen molar-refractivity contribution >= 4 is 34.0 Å². The standard InChI is InChI=1S/C23H21FN8O2/c24-18-6-16(7-20(8-18)31-4-5-34-15-23(31)33)13-32-21-9-22(26-10-17(21)11-28-32)29-19-12-27-30(14-19)3-1-2-25/h6-12,14H,1,3-5,13,15H2,(H,26,29). The zero-order valence-corrected chi connectivity index (χ0v) is 18.2. The molecule has 4 heterocycles. The Balaban J connectivity index is 1.38. The van der Waals surface area contributed by atoms with E-state index in [1.165, 1.54) is 12.1 Å². The second-order valence-corrected chi connectivity index (χ2v) is 7.87. The first kappa shape index (κ1) is 21.5. The van der Waals surface area contributed by atoms with Crippen molar-refractivity contribution in [3.63, 3.8) is 0 Å². The van der Waals surface area contributed by atoms with Crippen molar-refractivity contribution < 1.29 is 13.9 Å². The molecule has 1 aliphatic heterocycles. The largest absolute Gasteiger partial charge is 0.370 e. The summed E-state index contributed by atoms with van der Waals surface area (Å²) < 4.78 is 23.0. The van der Waals surface area contributed by atoms with Gasteiger partial charge in [-0.15, -0.1) is 0 Å². The highest BCUT2D eigenvalue weighted by atomic mass is 19.1. The van der Waals surface area contributed by atoms with Crippen molar-refractivity contribution in [2.45, 2.75) is 19.5 Å². The quantitative estimate of drug-likeness (QED) is 0.451. The zero-order chi connectivity index (χ0) is 23.5. The number of anilines is 3. The Bertz CT molecular complexity index is 1390. The first-order valence-electron chi connectivity index (χ1n) is 10.7. The number of hydrogen-bond acceptors (Lipinski definition) is 7. The maximum atomic E-state index is 14.4. The number of carbonyl (C=O) groups excluding carboxylic acids is 1. The summed E-state index contributed by atoms with van der Waals surface area (Å²) in [7, 11) is 0. The summed E-state index contributed by atoms with van der Waals surface area (Å²) in [6.45, 7) is 1.64. The Morgan fingerprint density at radius 3 is 2.94 bits per heavy atom. The highest BCUT2D eigenvalue weighted by Crippen LogP contribution is 2.24. The maximum Gasteiger partial charge on any atom is 0.253 e. The summed E-state index contributed by atoms with van der Waals surface area (Å²) in [5.74, 6) is -0.00121. The topological polar surface area (TPSA) is 114 Å². The number of aryl methyl sites for hydroxylation is 1. The first-order valence-corrected chi connectivity index (χ1v) is 10.7. The first-order chi connectivity index (χ1) is 16.6. The van der Waals surface area contributed by atoms with E-state index in [1.54, 1.807) is 38.9 Å². The van der Waals surface area contributed by atoms with Gasteiger partial charge in [0.25, 0.3) is 5.91 Å². The smallest absolute Gasteiger partial charge is 0.253 e. The van der Waals surface area contributed by atoms with E-state index in [4.69, 9.17) is 10.00 Å². The number of halogens is 1. The van der Waals surface area contributed by atoms with Gasteiger partial charge in [-0.1, -0.05) is 0 Å². The molecule has 3 aromatic heterocycles. The number of morpholine rings is 1. The molecule has 34 heavy (non-hydrogen) atoms. The molecule has 4 aromatic rings. The van der Waals surface area contributed by atoms with Crippen molar-refractivity contribution in [3.8, 4) is 6.07 Å². The number of benzene rings is 1. The number of nitrogens with one attached hydrogen (secondary N) is 1. The van der Waals surface area contributed by atoms with Gasteiger partial charge in [-0.3, -0.25) is 14.2 Å². The number of aromatic nitrogens is 5. The number of amides is 1. The van der Waals surface area contributed by atoms with Gasteiger partial charge in [0.1, 0.15) is 18.2 Å². The molecule has 0 saturated carbocycles. The lowest BCUT2D eigenvalue weighted by atomic mass is 10.1. The Morgan fingerprint density at radius 1 is 1.18 bits per heavy atom. The van der Waals surface area contributed by atoms with Crippen LogP contribution in [-0.4, -0.2) is 50.2 Å². The van der Waals surface area contributed by atoms with E-state index in [2.05, 4.69) is 26.6 Å². The normalized spacial score (nSPS) is 13.9. The Morgan fingerprint density at radius 2 is 2.09 bits per heavy atom. The number of nitriles is 1. The lowest BCUT2D eigenvalue weighted by Crippen LogP contribution is -2.41. The minimum absolute atomic E-state index is 0.00432. The molecule has 1 aliphatic rings. The molecule has 10 nitrogen and oxygen atoms in total. The Hall–Kier alpha value is -4.30. The van der Waals surface area contributed by atoms with Crippen molar-refractivity contribution in [2.24, 2.45) is 0 Å². The van der Waals surface area contributed by atoms with Gasteiger partial charge >= 0.3 is 0 Å². The van der Waals surface area contributed by atoms with Crippen LogP contribution in [0.5, 0.6) is 0 Å². The minimum atomic E-state index is -0.416. The fourth-order valence-electron chi connectivity index (χ4n) is 3.87. The SMILES string of the molecule is N#CCCn1cc(Nc2cc3c(cn2)cnn3Cc2cc(F)cc(N3CCOCC3=O)c2)cn1. The average molecular weight is 460 g/mol. The van der Waals surface area contributed by atoms with Crippen LogP contribution in [0.1, 0.15) is 12.0 Å². The highest BCUT2D eigenvalue weighted by Gasteiger charge is 2.21. The fraction of sp³-hybridized carbons (Fsp3) is 0.261. The van der Waals surface area contributed by atoms with Gasteiger partial charge < -0.3 is 15.0 Å². The average Bonchev–Trinajstić information content (AvgIpc) is 3.44. The number of hydrogen-bond donors (Lipinski definition) is 1. The molecule has 5 rings (SSSR count). The summed E-state index contributed by atoms with van der Waals surface area (Å²) in [6.07, 6.45) is 7.28. The number of nitrogens with zero attached hydrogens (tertiary/aromatic N) is 7. The number of fused-ring (bicyclic) bond motifs is 1. The Kier molecular flexibility index (Phi) is 5.88. The summed E-state index contributed by atoms with van der Waals surface area (Å²) in [5.41, 5.74) is 2.77. The van der Waals surface area contributed by atoms with Crippen molar-refractivity contribution in [1.29, 1.82) is 5.26 Å². The van der Waals surface area contributed by atoms with E-state index in [0.717, 1.165) is 16.6 Å². The summed E-state index contributed by atoms with van der Waals surface area (Å²) in [5, 5.41) is 21.4. The molecule has 0 atom stereocenters. The Labute approximate surface area is 194 Å². The van der Waals surface area contributed by atoms with E-state index < -0.39 is 5.82 Å². The summed E-state index contributed by atoms with van der Waals surface area (Å²) in [6, 6.07) is 8.56. The van der Waals surface area contributed by atoms with Gasteiger partial charge in [0.05, 0.1) is 55.8 Å². The summed E-state index contributed by atoms with van der Waals surface area (Å²) >= 11 is 0. The number of rotatable bonds is 7. The van der Waals surface area contributed by atoms with Crippen molar-refractivity contribution in [2.75, 3.05) is 30.0 Å². The van der Waals surface area contributed by atoms with E-state index in [1.807, 2.05) is 12.3 Å². The molecule has 0 radical (unpaired) electrons. The van der Waals surface area contributed by atoms with Crippen LogP contribution in [0.4, 0.5) is 21.6 Å². The van der Waals surface area contributed by atoms with Crippen molar-refractivity contribution in [3.05, 3.63) is 60.4 Å². The van der Waals surface area contributed by atoms with Gasteiger partial charge in [0.2, 0.25) is 0 Å². The second-order valence-electron chi connectivity index (χ2n) is 7.87. The third kappa shape index (κ3) is 4.57. The summed E-state index contributed by atoms with van der Waals surface area (Å²) in [4.78, 5) is 18.1. The molecule has 1 amide bonds. The van der Waals surface area contributed by atoms with Crippen molar-refractivity contribution in [1.82, 2.24) is 24.5 Å². The lowest BCUT2D eigenvalue weighted by molar-refractivity contribution is -0.125. The van der Waals surface area contributed by atoms with Crippen LogP contribution in [0.25, 0.3) is 10.9 Å². The van der Waals surface area contributed by atoms with Crippen LogP contribution in [0, 0.1) is 17.1 Å². The number of carbonyl (C=O) groups is 1. The third-order valence-corrected chi connectivity index (χ3v) is 5.46. The lowest BCUT2D eigenvalue weighted by Gasteiger charge is -2.27. The minimum Gasteiger partial charge on any atom is -0.370 e. The third-order valence-electron chi connectivity index (χ3n) is 5.46. The highest BCUT2D eigenvalue weighted by molar-refractivity contribution is 5.95. The van der Waals surface area contributed by atoms with Crippen LogP contribution in [0.15, 0.2) is 49.1 Å². The predicted molar refractivity (Wildman–Crippen MR) is 122 cm³/mol.